The van der Waals surface area contributed by atoms with Crippen LogP contribution in [0, 0.1) is 0 Å². The van der Waals surface area contributed by atoms with Crippen LogP contribution in [0.2, 0.25) is 0 Å². The molecule has 0 aliphatic heterocycles. The van der Waals surface area contributed by atoms with Gasteiger partial charge in [-0.05, 0) is 25.8 Å². The third kappa shape index (κ3) is 2.96. The summed E-state index contributed by atoms with van der Waals surface area (Å²) in [4.78, 5) is 2.64. The topological polar surface area (TPSA) is 29.3 Å². The summed E-state index contributed by atoms with van der Waals surface area (Å²) in [6.07, 6.45) is 8.26. The molecule has 1 aliphatic rings. The highest BCUT2D eigenvalue weighted by atomic mass is 15.2. The minimum absolute atomic E-state index is 0.614. The lowest BCUT2D eigenvalue weighted by molar-refractivity contribution is 0.111. The smallest absolute Gasteiger partial charge is 0.0218 e. The number of hydrogen-bond acceptors (Lipinski definition) is 2. The number of nitrogens with zero attached hydrogens (tertiary/aromatic N) is 1. The molecular formula is C12H26N2. The van der Waals surface area contributed by atoms with Gasteiger partial charge in [-0.15, -0.1) is 0 Å². The largest absolute Gasteiger partial charge is 0.329 e. The minimum Gasteiger partial charge on any atom is -0.329 e. The predicted molar refractivity (Wildman–Crippen MR) is 62.4 cm³/mol. The Hall–Kier alpha value is -0.0800. The molecule has 0 heterocycles. The Morgan fingerprint density at radius 1 is 1.21 bits per heavy atom. The fourth-order valence-electron chi connectivity index (χ4n) is 2.76. The van der Waals surface area contributed by atoms with E-state index >= 15 is 0 Å². The van der Waals surface area contributed by atoms with E-state index in [0.717, 1.165) is 12.6 Å². The molecule has 0 aromatic rings. The molecule has 0 aromatic carbocycles. The molecule has 0 bridgehead atoms. The van der Waals surface area contributed by atoms with Crippen LogP contribution in [0.3, 0.4) is 0 Å². The van der Waals surface area contributed by atoms with Gasteiger partial charge in [0.1, 0.15) is 0 Å². The van der Waals surface area contributed by atoms with Crippen LogP contribution in [0.1, 0.15) is 52.4 Å². The van der Waals surface area contributed by atoms with Gasteiger partial charge >= 0.3 is 0 Å². The number of nitrogens with two attached hydrogens (primary N) is 1. The maximum absolute atomic E-state index is 5.82. The third-order valence-electron chi connectivity index (χ3n) is 3.62. The zero-order valence-corrected chi connectivity index (χ0v) is 9.84. The molecule has 14 heavy (non-hydrogen) atoms. The minimum atomic E-state index is 0.614. The first-order chi connectivity index (χ1) is 6.83. The Labute approximate surface area is 88.8 Å². The Morgan fingerprint density at radius 2 is 1.86 bits per heavy atom. The summed E-state index contributed by atoms with van der Waals surface area (Å²) in [5.74, 6) is 0. The van der Waals surface area contributed by atoms with E-state index in [-0.39, 0.29) is 0 Å². The van der Waals surface area contributed by atoms with Crippen LogP contribution < -0.4 is 5.73 Å². The van der Waals surface area contributed by atoms with Crippen molar-refractivity contribution in [3.63, 3.8) is 0 Å². The molecule has 0 spiro atoms. The van der Waals surface area contributed by atoms with Gasteiger partial charge in [-0.25, -0.2) is 0 Å². The van der Waals surface area contributed by atoms with Crippen LogP contribution in [0.15, 0.2) is 0 Å². The monoisotopic (exact) mass is 198 g/mol. The zero-order chi connectivity index (χ0) is 10.4. The number of hydrogen-bond donors (Lipinski definition) is 1. The molecular weight excluding hydrogens is 172 g/mol. The summed E-state index contributed by atoms with van der Waals surface area (Å²) >= 11 is 0. The first-order valence-electron chi connectivity index (χ1n) is 6.29. The Bertz CT molecular complexity index is 137. The molecule has 1 fully saturated rings. The lowest BCUT2D eigenvalue weighted by atomic mass is 9.93. The molecule has 1 rings (SSSR count). The van der Waals surface area contributed by atoms with Crippen LogP contribution >= 0.6 is 0 Å². The molecule has 0 amide bonds. The van der Waals surface area contributed by atoms with Crippen LogP contribution in [0.5, 0.6) is 0 Å². The lowest BCUT2D eigenvalue weighted by Gasteiger charge is -2.38. The van der Waals surface area contributed by atoms with E-state index in [4.69, 9.17) is 5.73 Å². The molecule has 84 valence electrons. The van der Waals surface area contributed by atoms with Gasteiger partial charge in [0, 0.05) is 18.6 Å². The van der Waals surface area contributed by atoms with Crippen molar-refractivity contribution in [1.82, 2.24) is 4.90 Å². The highest BCUT2D eigenvalue weighted by Crippen LogP contribution is 2.24. The van der Waals surface area contributed by atoms with E-state index < -0.39 is 0 Å². The molecule has 2 N–H and O–H groups in total. The first-order valence-corrected chi connectivity index (χ1v) is 6.29. The van der Waals surface area contributed by atoms with Crippen molar-refractivity contribution in [3.8, 4) is 0 Å². The lowest BCUT2D eigenvalue weighted by Crippen LogP contribution is -2.47. The van der Waals surface area contributed by atoms with Crippen LogP contribution in [-0.2, 0) is 0 Å². The van der Waals surface area contributed by atoms with E-state index in [9.17, 15) is 0 Å². The van der Waals surface area contributed by atoms with E-state index in [1.54, 1.807) is 0 Å². The van der Waals surface area contributed by atoms with E-state index in [2.05, 4.69) is 18.7 Å². The molecule has 2 nitrogen and oxygen atoms in total. The molecule has 1 atom stereocenters. The summed E-state index contributed by atoms with van der Waals surface area (Å²) in [5.41, 5.74) is 5.82. The van der Waals surface area contributed by atoms with Gasteiger partial charge in [-0.1, -0.05) is 33.1 Å². The SMILES string of the molecule is CCC(CN)N(CC)C1CCCCC1. The molecule has 0 saturated heterocycles. The maximum atomic E-state index is 5.82. The van der Waals surface area contributed by atoms with E-state index in [1.807, 2.05) is 0 Å². The second kappa shape index (κ2) is 6.41. The second-order valence-corrected chi connectivity index (χ2v) is 4.42. The van der Waals surface area contributed by atoms with Gasteiger partial charge in [-0.3, -0.25) is 4.90 Å². The third-order valence-corrected chi connectivity index (χ3v) is 3.62. The van der Waals surface area contributed by atoms with Gasteiger partial charge in [0.05, 0.1) is 0 Å². The predicted octanol–water partition coefficient (Wildman–Crippen LogP) is 2.38. The van der Waals surface area contributed by atoms with Crippen molar-refractivity contribution in [2.45, 2.75) is 64.5 Å². The highest BCUT2D eigenvalue weighted by Gasteiger charge is 2.24. The second-order valence-electron chi connectivity index (χ2n) is 4.42. The number of likely N-dealkylation sites (N-methyl/N-ethyl adjacent to an activating group) is 1. The molecule has 0 aromatic heterocycles. The average Bonchev–Trinajstić information content (AvgIpc) is 2.27. The highest BCUT2D eigenvalue weighted by molar-refractivity contribution is 4.80. The Kier molecular flexibility index (Phi) is 5.49. The summed E-state index contributed by atoms with van der Waals surface area (Å²) < 4.78 is 0. The molecule has 0 radical (unpaired) electrons. The van der Waals surface area contributed by atoms with Crippen molar-refractivity contribution < 1.29 is 0 Å². The van der Waals surface area contributed by atoms with Gasteiger partial charge in [0.15, 0.2) is 0 Å². The van der Waals surface area contributed by atoms with Gasteiger partial charge in [0.25, 0.3) is 0 Å². The summed E-state index contributed by atoms with van der Waals surface area (Å²) in [5, 5.41) is 0. The van der Waals surface area contributed by atoms with Crippen molar-refractivity contribution >= 4 is 0 Å². The Balaban J connectivity index is 2.49. The first kappa shape index (κ1) is 12.0. The van der Waals surface area contributed by atoms with Crippen LogP contribution in [0.4, 0.5) is 0 Å². The summed E-state index contributed by atoms with van der Waals surface area (Å²) in [6.45, 7) is 6.51. The van der Waals surface area contributed by atoms with Crippen molar-refractivity contribution in [2.24, 2.45) is 5.73 Å². The molecule has 1 saturated carbocycles. The van der Waals surface area contributed by atoms with Crippen molar-refractivity contribution in [3.05, 3.63) is 0 Å². The normalized spacial score (nSPS) is 21.4. The molecule has 2 heteroatoms. The average molecular weight is 198 g/mol. The van der Waals surface area contributed by atoms with Crippen LogP contribution in [-0.4, -0.2) is 30.1 Å². The van der Waals surface area contributed by atoms with Gasteiger partial charge in [-0.2, -0.15) is 0 Å². The standard InChI is InChI=1S/C12H26N2/c1-3-11(10-13)14(4-2)12-8-6-5-7-9-12/h11-12H,3-10,13H2,1-2H3. The Morgan fingerprint density at radius 3 is 2.29 bits per heavy atom. The van der Waals surface area contributed by atoms with Crippen LogP contribution in [0.25, 0.3) is 0 Å². The quantitative estimate of drug-likeness (QED) is 0.735. The van der Waals surface area contributed by atoms with Gasteiger partial charge < -0.3 is 5.73 Å². The van der Waals surface area contributed by atoms with Crippen molar-refractivity contribution in [1.29, 1.82) is 0 Å². The number of rotatable bonds is 5. The molecule has 1 aliphatic carbocycles. The fourth-order valence-corrected chi connectivity index (χ4v) is 2.76. The van der Waals surface area contributed by atoms with Crippen molar-refractivity contribution in [2.75, 3.05) is 13.1 Å². The summed E-state index contributed by atoms with van der Waals surface area (Å²) in [7, 11) is 0. The zero-order valence-electron chi connectivity index (χ0n) is 9.84. The summed E-state index contributed by atoms with van der Waals surface area (Å²) in [6, 6.07) is 1.44. The van der Waals surface area contributed by atoms with Gasteiger partial charge in [0.2, 0.25) is 0 Å². The fraction of sp³-hybridized carbons (Fsp3) is 1.00. The maximum Gasteiger partial charge on any atom is 0.0218 e. The van der Waals surface area contributed by atoms with E-state index in [0.29, 0.717) is 6.04 Å². The van der Waals surface area contributed by atoms with E-state index in [1.165, 1.54) is 45.1 Å². The molecule has 1 unspecified atom stereocenters.